The maximum absolute atomic E-state index is 9.54. The summed E-state index contributed by atoms with van der Waals surface area (Å²) in [4.78, 5) is 0. The Morgan fingerprint density at radius 1 is 1.08 bits per heavy atom. The van der Waals surface area contributed by atoms with E-state index in [-0.39, 0.29) is 12.0 Å². The Morgan fingerprint density at radius 2 is 1.58 bits per heavy atom. The number of hydrogen-bond acceptors (Lipinski definition) is 3. The van der Waals surface area contributed by atoms with Gasteiger partial charge in [-0.2, -0.15) is 0 Å². The molecule has 0 aliphatic carbocycles. The molecule has 3 nitrogen and oxygen atoms in total. The molecule has 2 unspecified atom stereocenters. The smallest absolute Gasteiger partial charge is 0.0771 e. The highest BCUT2D eigenvalue weighted by molar-refractivity contribution is 4.73. The zero-order chi connectivity index (χ0) is 9.78. The highest BCUT2D eigenvalue weighted by atomic mass is 16.3. The molecule has 0 rings (SSSR count). The molecule has 0 saturated carbocycles. The molecule has 0 aromatic carbocycles. The molecule has 0 fully saturated rings. The fraction of sp³-hybridized carbons (Fsp3) is 1.00. The third-order valence-corrected chi connectivity index (χ3v) is 1.98. The van der Waals surface area contributed by atoms with Crippen LogP contribution in [0, 0.1) is 5.41 Å². The third-order valence-electron chi connectivity index (χ3n) is 1.98. The van der Waals surface area contributed by atoms with Gasteiger partial charge in [-0.05, 0) is 18.3 Å². The summed E-state index contributed by atoms with van der Waals surface area (Å²) < 4.78 is 0. The van der Waals surface area contributed by atoms with E-state index in [9.17, 15) is 5.11 Å². The topological polar surface area (TPSA) is 60.7 Å². The molecule has 2 atom stereocenters. The average molecular weight is 176 g/mol. The van der Waals surface area contributed by atoms with Gasteiger partial charge in [-0.25, -0.2) is 0 Å². The van der Waals surface area contributed by atoms with Crippen molar-refractivity contribution in [2.75, 3.05) is 6.61 Å². The van der Waals surface area contributed by atoms with Gasteiger partial charge in [0.05, 0.1) is 18.8 Å². The molecule has 0 radical (unpaired) electrons. The Kier molecular flexibility index (Phi) is 4.75. The second-order valence-electron chi connectivity index (χ2n) is 4.30. The second kappa shape index (κ2) is 4.80. The van der Waals surface area contributed by atoms with E-state index in [4.69, 9.17) is 10.2 Å². The Hall–Kier alpha value is -0.120. The van der Waals surface area contributed by atoms with E-state index in [1.807, 2.05) is 20.8 Å². The summed E-state index contributed by atoms with van der Waals surface area (Å²) in [7, 11) is 0. The van der Waals surface area contributed by atoms with Gasteiger partial charge in [0.1, 0.15) is 0 Å². The van der Waals surface area contributed by atoms with Crippen LogP contribution in [0.3, 0.4) is 0 Å². The monoisotopic (exact) mass is 176 g/mol. The van der Waals surface area contributed by atoms with Gasteiger partial charge in [-0.3, -0.25) is 0 Å². The van der Waals surface area contributed by atoms with Gasteiger partial charge < -0.3 is 15.3 Å². The van der Waals surface area contributed by atoms with Crippen LogP contribution in [0.25, 0.3) is 0 Å². The van der Waals surface area contributed by atoms with Gasteiger partial charge >= 0.3 is 0 Å². The minimum atomic E-state index is -0.693. The summed E-state index contributed by atoms with van der Waals surface area (Å²) in [6, 6.07) is 0. The van der Waals surface area contributed by atoms with Crippen molar-refractivity contribution in [2.45, 2.75) is 45.8 Å². The normalized spacial score (nSPS) is 17.5. The highest BCUT2D eigenvalue weighted by Crippen LogP contribution is 2.22. The molecule has 0 bridgehead atoms. The first-order valence-corrected chi connectivity index (χ1v) is 4.35. The lowest BCUT2D eigenvalue weighted by Gasteiger charge is -2.26. The van der Waals surface area contributed by atoms with Gasteiger partial charge in [-0.15, -0.1) is 0 Å². The van der Waals surface area contributed by atoms with Crippen LogP contribution in [0.5, 0.6) is 0 Å². The van der Waals surface area contributed by atoms with E-state index < -0.39 is 12.2 Å². The van der Waals surface area contributed by atoms with E-state index in [0.29, 0.717) is 12.8 Å². The molecule has 0 aliphatic heterocycles. The van der Waals surface area contributed by atoms with E-state index >= 15 is 0 Å². The maximum Gasteiger partial charge on any atom is 0.0771 e. The Bertz CT molecular complexity index is 117. The zero-order valence-electron chi connectivity index (χ0n) is 8.12. The van der Waals surface area contributed by atoms with Crippen LogP contribution in [0.4, 0.5) is 0 Å². The van der Waals surface area contributed by atoms with E-state index in [2.05, 4.69) is 0 Å². The molecule has 0 saturated heterocycles. The van der Waals surface area contributed by atoms with Crippen LogP contribution in [0.15, 0.2) is 0 Å². The number of aliphatic hydroxyl groups is 3. The zero-order valence-corrected chi connectivity index (χ0v) is 8.12. The van der Waals surface area contributed by atoms with E-state index in [0.717, 1.165) is 0 Å². The molecule has 74 valence electrons. The fourth-order valence-corrected chi connectivity index (χ4v) is 0.875. The molecule has 3 N–H and O–H groups in total. The molecule has 0 heterocycles. The van der Waals surface area contributed by atoms with Crippen LogP contribution < -0.4 is 0 Å². The van der Waals surface area contributed by atoms with Gasteiger partial charge in [0, 0.05) is 0 Å². The predicted molar refractivity (Wildman–Crippen MR) is 47.8 cm³/mol. The average Bonchev–Trinajstić information content (AvgIpc) is 1.97. The molecule has 0 aromatic heterocycles. The predicted octanol–water partition coefficient (Wildman–Crippen LogP) is 0.527. The minimum Gasteiger partial charge on any atom is -0.394 e. The van der Waals surface area contributed by atoms with E-state index in [1.165, 1.54) is 0 Å². The maximum atomic E-state index is 9.54. The standard InChI is InChI=1S/C9H20O3/c1-9(2,3)8(12)5-4-7(11)6-10/h7-8,10-12H,4-6H2,1-3H3. The van der Waals surface area contributed by atoms with E-state index in [1.54, 1.807) is 0 Å². The van der Waals surface area contributed by atoms with Crippen molar-refractivity contribution in [1.29, 1.82) is 0 Å². The lowest BCUT2D eigenvalue weighted by Crippen LogP contribution is -2.27. The highest BCUT2D eigenvalue weighted by Gasteiger charge is 2.22. The molecule has 3 heteroatoms. The van der Waals surface area contributed by atoms with Gasteiger partial charge in [0.25, 0.3) is 0 Å². The van der Waals surface area contributed by atoms with Crippen molar-refractivity contribution in [3.63, 3.8) is 0 Å². The number of hydrogen-bond donors (Lipinski definition) is 3. The quantitative estimate of drug-likeness (QED) is 0.585. The molecular weight excluding hydrogens is 156 g/mol. The number of rotatable bonds is 4. The SMILES string of the molecule is CC(C)(C)C(O)CCC(O)CO. The third kappa shape index (κ3) is 4.70. The van der Waals surface area contributed by atoms with Crippen LogP contribution in [0.2, 0.25) is 0 Å². The van der Waals surface area contributed by atoms with Crippen LogP contribution in [0.1, 0.15) is 33.6 Å². The summed E-state index contributed by atoms with van der Waals surface area (Å²) in [6.07, 6.45) is -0.124. The largest absolute Gasteiger partial charge is 0.394 e. The lowest BCUT2D eigenvalue weighted by atomic mass is 9.86. The number of aliphatic hydroxyl groups excluding tert-OH is 3. The molecule has 12 heavy (non-hydrogen) atoms. The summed E-state index contributed by atoms with van der Waals surface area (Å²) in [5.74, 6) is 0. The molecule has 0 aromatic rings. The molecular formula is C9H20O3. The van der Waals surface area contributed by atoms with Crippen molar-refractivity contribution in [1.82, 2.24) is 0 Å². The van der Waals surface area contributed by atoms with Crippen LogP contribution in [-0.4, -0.2) is 34.1 Å². The van der Waals surface area contributed by atoms with Crippen LogP contribution >= 0.6 is 0 Å². The lowest BCUT2D eigenvalue weighted by molar-refractivity contribution is 0.0272. The van der Waals surface area contributed by atoms with Crippen molar-refractivity contribution in [3.05, 3.63) is 0 Å². The van der Waals surface area contributed by atoms with Crippen molar-refractivity contribution in [2.24, 2.45) is 5.41 Å². The second-order valence-corrected chi connectivity index (χ2v) is 4.30. The fourth-order valence-electron chi connectivity index (χ4n) is 0.875. The Balaban J connectivity index is 3.64. The van der Waals surface area contributed by atoms with Gasteiger partial charge in [-0.1, -0.05) is 20.8 Å². The van der Waals surface area contributed by atoms with Crippen LogP contribution in [-0.2, 0) is 0 Å². The van der Waals surface area contributed by atoms with Gasteiger partial charge in [0.15, 0.2) is 0 Å². The Labute approximate surface area is 74.0 Å². The first-order chi connectivity index (χ1) is 5.38. The summed E-state index contributed by atoms with van der Waals surface area (Å²) in [5, 5.41) is 27.1. The van der Waals surface area contributed by atoms with Crippen molar-refractivity contribution >= 4 is 0 Å². The van der Waals surface area contributed by atoms with Crippen molar-refractivity contribution < 1.29 is 15.3 Å². The Morgan fingerprint density at radius 3 is 1.92 bits per heavy atom. The summed E-state index contributed by atoms with van der Waals surface area (Å²) in [6.45, 7) is 5.62. The van der Waals surface area contributed by atoms with Crippen molar-refractivity contribution in [3.8, 4) is 0 Å². The first-order valence-electron chi connectivity index (χ1n) is 4.35. The van der Waals surface area contributed by atoms with Gasteiger partial charge in [0.2, 0.25) is 0 Å². The minimum absolute atomic E-state index is 0.144. The summed E-state index contributed by atoms with van der Waals surface area (Å²) >= 11 is 0. The molecule has 0 aliphatic rings. The molecule has 0 spiro atoms. The first kappa shape index (κ1) is 11.9. The summed E-state index contributed by atoms with van der Waals surface area (Å²) in [5.41, 5.74) is -0.144. The molecule has 0 amide bonds.